The molecule has 0 aliphatic heterocycles. The second kappa shape index (κ2) is 5.84. The quantitative estimate of drug-likeness (QED) is 0.928. The number of benzene rings is 1. The Kier molecular flexibility index (Phi) is 4.16. The van der Waals surface area contributed by atoms with Crippen LogP contribution in [0.15, 0.2) is 24.3 Å². The lowest BCUT2D eigenvalue weighted by atomic mass is 10.0. The highest BCUT2D eigenvalue weighted by molar-refractivity contribution is 6.28. The zero-order valence-corrected chi connectivity index (χ0v) is 11.8. The number of rotatable bonds is 4. The van der Waals surface area contributed by atoms with E-state index in [0.29, 0.717) is 17.6 Å². The zero-order valence-electron chi connectivity index (χ0n) is 11.0. The van der Waals surface area contributed by atoms with Crippen molar-refractivity contribution in [1.82, 2.24) is 15.0 Å². The first-order valence-electron chi connectivity index (χ1n) is 5.95. The van der Waals surface area contributed by atoms with Crippen LogP contribution >= 0.6 is 11.6 Å². The van der Waals surface area contributed by atoms with Gasteiger partial charge in [0.05, 0.1) is 0 Å². The molecule has 0 aliphatic rings. The number of halogens is 1. The molecule has 5 nitrogen and oxygen atoms in total. The van der Waals surface area contributed by atoms with Crippen LogP contribution in [0.2, 0.25) is 5.28 Å². The molecule has 100 valence electrons. The molecule has 0 saturated carbocycles. The van der Waals surface area contributed by atoms with E-state index in [1.165, 1.54) is 5.56 Å². The molecule has 19 heavy (non-hydrogen) atoms. The van der Waals surface area contributed by atoms with Gasteiger partial charge in [-0.15, -0.1) is 0 Å². The molecule has 1 heterocycles. The minimum Gasteiger partial charge on any atom is -0.424 e. The van der Waals surface area contributed by atoms with Gasteiger partial charge in [0, 0.05) is 7.05 Å². The van der Waals surface area contributed by atoms with Crippen LogP contribution in [0.25, 0.3) is 0 Å². The minimum absolute atomic E-state index is 0.0920. The average molecular weight is 279 g/mol. The Morgan fingerprint density at radius 1 is 1.21 bits per heavy atom. The van der Waals surface area contributed by atoms with Gasteiger partial charge in [0.2, 0.25) is 11.2 Å². The SMILES string of the molecule is CNc1nc(Cl)nc(Oc2cccc(C(C)C)c2)n1. The summed E-state index contributed by atoms with van der Waals surface area (Å²) in [5.74, 6) is 1.48. The molecule has 0 bridgehead atoms. The third kappa shape index (κ3) is 3.54. The summed E-state index contributed by atoms with van der Waals surface area (Å²) in [7, 11) is 1.70. The van der Waals surface area contributed by atoms with Crippen LogP contribution in [0.1, 0.15) is 25.3 Å². The van der Waals surface area contributed by atoms with Crippen molar-refractivity contribution in [2.75, 3.05) is 12.4 Å². The largest absolute Gasteiger partial charge is 0.424 e. The number of hydrogen-bond donors (Lipinski definition) is 1. The van der Waals surface area contributed by atoms with Crippen molar-refractivity contribution in [3.8, 4) is 11.8 Å². The zero-order chi connectivity index (χ0) is 13.8. The number of nitrogens with zero attached hydrogens (tertiary/aromatic N) is 3. The van der Waals surface area contributed by atoms with Crippen LogP contribution in [0.4, 0.5) is 5.95 Å². The maximum atomic E-state index is 5.79. The van der Waals surface area contributed by atoms with Crippen LogP contribution in [0.3, 0.4) is 0 Å². The Balaban J connectivity index is 2.25. The maximum Gasteiger partial charge on any atom is 0.328 e. The molecule has 0 spiro atoms. The van der Waals surface area contributed by atoms with Crippen molar-refractivity contribution < 1.29 is 4.74 Å². The van der Waals surface area contributed by atoms with Crippen molar-refractivity contribution in [2.24, 2.45) is 0 Å². The predicted molar refractivity (Wildman–Crippen MR) is 75.0 cm³/mol. The number of ether oxygens (including phenoxy) is 1. The minimum atomic E-state index is 0.0920. The van der Waals surface area contributed by atoms with E-state index in [1.807, 2.05) is 18.2 Å². The van der Waals surface area contributed by atoms with Crippen LogP contribution in [-0.4, -0.2) is 22.0 Å². The third-order valence-electron chi connectivity index (χ3n) is 2.55. The fourth-order valence-electron chi connectivity index (χ4n) is 1.53. The van der Waals surface area contributed by atoms with Crippen LogP contribution in [-0.2, 0) is 0 Å². The van der Waals surface area contributed by atoms with E-state index in [2.05, 4.69) is 40.2 Å². The van der Waals surface area contributed by atoms with E-state index >= 15 is 0 Å². The molecule has 0 unspecified atom stereocenters. The van der Waals surface area contributed by atoms with E-state index in [1.54, 1.807) is 7.05 Å². The Labute approximate surface area is 117 Å². The van der Waals surface area contributed by atoms with Gasteiger partial charge in [0.15, 0.2) is 0 Å². The fraction of sp³-hybridized carbons (Fsp3) is 0.308. The van der Waals surface area contributed by atoms with E-state index < -0.39 is 0 Å². The summed E-state index contributed by atoms with van der Waals surface area (Å²) in [6, 6.07) is 7.97. The number of nitrogens with one attached hydrogen (secondary N) is 1. The number of anilines is 1. The molecular formula is C13H15ClN4O. The molecule has 2 aromatic rings. The number of hydrogen-bond acceptors (Lipinski definition) is 5. The van der Waals surface area contributed by atoms with Crippen LogP contribution < -0.4 is 10.1 Å². The second-order valence-electron chi connectivity index (χ2n) is 4.29. The van der Waals surface area contributed by atoms with Gasteiger partial charge in [0.1, 0.15) is 5.75 Å². The monoisotopic (exact) mass is 278 g/mol. The fourth-order valence-corrected chi connectivity index (χ4v) is 1.68. The molecule has 0 amide bonds. The molecule has 0 atom stereocenters. The van der Waals surface area contributed by atoms with Gasteiger partial charge < -0.3 is 10.1 Å². The van der Waals surface area contributed by atoms with Crippen molar-refractivity contribution in [1.29, 1.82) is 0 Å². The molecule has 2 rings (SSSR count). The topological polar surface area (TPSA) is 59.9 Å². The molecule has 1 aromatic carbocycles. The van der Waals surface area contributed by atoms with Crippen molar-refractivity contribution >= 4 is 17.5 Å². The summed E-state index contributed by atoms with van der Waals surface area (Å²) < 4.78 is 5.61. The van der Waals surface area contributed by atoms with Gasteiger partial charge in [0.25, 0.3) is 0 Å². The van der Waals surface area contributed by atoms with Crippen molar-refractivity contribution in [2.45, 2.75) is 19.8 Å². The summed E-state index contributed by atoms with van der Waals surface area (Å²) in [4.78, 5) is 11.9. The van der Waals surface area contributed by atoms with Crippen LogP contribution in [0, 0.1) is 0 Å². The molecule has 6 heteroatoms. The molecule has 1 aromatic heterocycles. The van der Waals surface area contributed by atoms with Crippen LogP contribution in [0.5, 0.6) is 11.8 Å². The second-order valence-corrected chi connectivity index (χ2v) is 4.63. The smallest absolute Gasteiger partial charge is 0.328 e. The highest BCUT2D eigenvalue weighted by Gasteiger charge is 2.07. The van der Waals surface area contributed by atoms with E-state index in [0.717, 1.165) is 0 Å². The van der Waals surface area contributed by atoms with Crippen molar-refractivity contribution in [3.63, 3.8) is 0 Å². The first kappa shape index (κ1) is 13.5. The normalized spacial score (nSPS) is 10.6. The summed E-state index contributed by atoms with van der Waals surface area (Å²) in [5, 5.41) is 2.89. The molecule has 1 N–H and O–H groups in total. The van der Waals surface area contributed by atoms with Crippen molar-refractivity contribution in [3.05, 3.63) is 35.1 Å². The summed E-state index contributed by atoms with van der Waals surface area (Å²) >= 11 is 5.79. The lowest BCUT2D eigenvalue weighted by molar-refractivity contribution is 0.439. The third-order valence-corrected chi connectivity index (χ3v) is 2.71. The van der Waals surface area contributed by atoms with Gasteiger partial charge in [-0.1, -0.05) is 26.0 Å². The van der Waals surface area contributed by atoms with Gasteiger partial charge in [-0.3, -0.25) is 0 Å². The van der Waals surface area contributed by atoms with E-state index in [9.17, 15) is 0 Å². The Morgan fingerprint density at radius 3 is 2.68 bits per heavy atom. The predicted octanol–water partition coefficient (Wildman–Crippen LogP) is 3.48. The molecule has 0 saturated heterocycles. The van der Waals surface area contributed by atoms with E-state index in [-0.39, 0.29) is 11.3 Å². The molecule has 0 radical (unpaired) electrons. The van der Waals surface area contributed by atoms with E-state index in [4.69, 9.17) is 16.3 Å². The van der Waals surface area contributed by atoms with Gasteiger partial charge in [-0.25, -0.2) is 0 Å². The maximum absolute atomic E-state index is 5.79. The lowest BCUT2D eigenvalue weighted by Crippen LogP contribution is -2.01. The molecular weight excluding hydrogens is 264 g/mol. The summed E-state index contributed by atoms with van der Waals surface area (Å²) in [6.45, 7) is 4.25. The Hall–Kier alpha value is -1.88. The highest BCUT2D eigenvalue weighted by Crippen LogP contribution is 2.24. The van der Waals surface area contributed by atoms with Gasteiger partial charge in [-0.05, 0) is 35.2 Å². The molecule has 0 aliphatic carbocycles. The first-order valence-corrected chi connectivity index (χ1v) is 6.33. The average Bonchev–Trinajstić information content (AvgIpc) is 2.38. The lowest BCUT2D eigenvalue weighted by Gasteiger charge is -2.09. The summed E-state index contributed by atoms with van der Waals surface area (Å²) in [5.41, 5.74) is 1.19. The highest BCUT2D eigenvalue weighted by atomic mass is 35.5. The Bertz CT molecular complexity index is 574. The standard InChI is InChI=1S/C13H15ClN4O/c1-8(2)9-5-4-6-10(7-9)19-13-17-11(14)16-12(15-3)18-13/h4-8H,1-3H3,(H,15,16,17,18). The summed E-state index contributed by atoms with van der Waals surface area (Å²) in [6.07, 6.45) is 0. The molecule has 0 fully saturated rings. The van der Waals surface area contributed by atoms with Gasteiger partial charge in [-0.2, -0.15) is 15.0 Å². The van der Waals surface area contributed by atoms with Gasteiger partial charge >= 0.3 is 6.01 Å². The first-order chi connectivity index (χ1) is 9.08. The number of aromatic nitrogens is 3. The Morgan fingerprint density at radius 2 is 2.00 bits per heavy atom.